The van der Waals surface area contributed by atoms with Crippen LogP contribution in [0.4, 0.5) is 0 Å². The second-order valence-electron chi connectivity index (χ2n) is 9.96. The highest BCUT2D eigenvalue weighted by Gasteiger charge is 2.18. The fraction of sp³-hybridized carbons (Fsp3) is 0.250. The summed E-state index contributed by atoms with van der Waals surface area (Å²) in [5.41, 5.74) is 6.14. The quantitative estimate of drug-likeness (QED) is 0.228. The van der Waals surface area contributed by atoms with Crippen molar-refractivity contribution >= 4 is 5.97 Å². The monoisotopic (exact) mass is 548 g/mol. The summed E-state index contributed by atoms with van der Waals surface area (Å²) in [5, 5.41) is 23.9. The number of aromatic amines is 1. The van der Waals surface area contributed by atoms with Crippen molar-refractivity contribution in [1.82, 2.24) is 30.2 Å². The largest absolute Gasteiger partial charge is 0.478 e. The lowest BCUT2D eigenvalue weighted by atomic mass is 9.98. The van der Waals surface area contributed by atoms with Crippen LogP contribution >= 0.6 is 0 Å². The molecule has 0 radical (unpaired) electrons. The predicted octanol–water partition coefficient (Wildman–Crippen LogP) is 5.33. The average Bonchev–Trinajstić information content (AvgIpc) is 3.54. The molecule has 5 aromatic rings. The van der Waals surface area contributed by atoms with E-state index in [1.807, 2.05) is 61.5 Å². The minimum atomic E-state index is -0.989. The van der Waals surface area contributed by atoms with Crippen LogP contribution in [0.3, 0.4) is 0 Å². The van der Waals surface area contributed by atoms with Gasteiger partial charge in [-0.2, -0.15) is 5.21 Å². The molecule has 0 aliphatic rings. The van der Waals surface area contributed by atoms with Gasteiger partial charge in [0, 0.05) is 24.0 Å². The Morgan fingerprint density at radius 2 is 1.73 bits per heavy atom. The van der Waals surface area contributed by atoms with E-state index in [1.165, 1.54) is 0 Å². The van der Waals surface area contributed by atoms with E-state index in [0.717, 1.165) is 52.2 Å². The maximum Gasteiger partial charge on any atom is 0.335 e. The summed E-state index contributed by atoms with van der Waals surface area (Å²) in [6, 6.07) is 22.8. The number of benzene rings is 3. The first-order valence-corrected chi connectivity index (χ1v) is 13.8. The first kappa shape index (κ1) is 27.6. The van der Waals surface area contributed by atoms with E-state index in [1.54, 1.807) is 22.8 Å². The smallest absolute Gasteiger partial charge is 0.335 e. The Labute approximate surface area is 237 Å². The number of carboxylic acid groups (broad SMARTS) is 1. The third-order valence-electron chi connectivity index (χ3n) is 7.19. The van der Waals surface area contributed by atoms with E-state index >= 15 is 0 Å². The standard InChI is InChI=1S/C32H32N6O3/c1-3-5-13-29-33-28(4-2)27(19-22-9-8-10-24(18-22)32(40)41)31(39)38(29)20-21-14-16-23(17-15-21)25-11-6-7-12-26(25)30-34-36-37-35-30/h6-12,14-18H,3-5,13,19-20H2,1-2H3,(H,40,41)(H,34,35,36,37). The molecule has 9 nitrogen and oxygen atoms in total. The average molecular weight is 549 g/mol. The number of hydrogen-bond donors (Lipinski definition) is 2. The van der Waals surface area contributed by atoms with Crippen molar-refractivity contribution in [3.05, 3.63) is 117 Å². The molecule has 0 amide bonds. The van der Waals surface area contributed by atoms with Crippen molar-refractivity contribution in [3.8, 4) is 22.5 Å². The normalized spacial score (nSPS) is 11.1. The Balaban J connectivity index is 1.50. The lowest BCUT2D eigenvalue weighted by molar-refractivity contribution is 0.0696. The van der Waals surface area contributed by atoms with E-state index < -0.39 is 5.97 Å². The number of unbranched alkanes of at least 4 members (excludes halogenated alkanes) is 1. The first-order chi connectivity index (χ1) is 20.0. The van der Waals surface area contributed by atoms with Crippen LogP contribution in [0.25, 0.3) is 22.5 Å². The number of nitrogens with zero attached hydrogens (tertiary/aromatic N) is 5. The van der Waals surface area contributed by atoms with Gasteiger partial charge < -0.3 is 5.11 Å². The van der Waals surface area contributed by atoms with Crippen LogP contribution in [-0.4, -0.2) is 41.3 Å². The second kappa shape index (κ2) is 12.5. The van der Waals surface area contributed by atoms with Gasteiger partial charge in [-0.25, -0.2) is 9.78 Å². The Morgan fingerprint density at radius 1 is 0.951 bits per heavy atom. The van der Waals surface area contributed by atoms with Crippen molar-refractivity contribution in [2.75, 3.05) is 0 Å². The molecule has 208 valence electrons. The minimum Gasteiger partial charge on any atom is -0.478 e. The van der Waals surface area contributed by atoms with Crippen molar-refractivity contribution in [2.24, 2.45) is 0 Å². The number of tetrazole rings is 1. The lowest BCUT2D eigenvalue weighted by Crippen LogP contribution is -2.31. The molecule has 0 atom stereocenters. The SMILES string of the molecule is CCCCc1nc(CC)c(Cc2cccc(C(=O)O)c2)c(=O)n1Cc1ccc(-c2ccccc2-c2nn[nH]n2)cc1. The van der Waals surface area contributed by atoms with Gasteiger partial charge in [0.25, 0.3) is 5.56 Å². The molecule has 0 bridgehead atoms. The number of rotatable bonds is 11. The fourth-order valence-corrected chi connectivity index (χ4v) is 5.04. The number of H-pyrrole nitrogens is 1. The van der Waals surface area contributed by atoms with E-state index in [0.29, 0.717) is 37.2 Å². The van der Waals surface area contributed by atoms with Crippen LogP contribution < -0.4 is 5.56 Å². The molecule has 0 fully saturated rings. The van der Waals surface area contributed by atoms with Gasteiger partial charge in [-0.3, -0.25) is 9.36 Å². The number of aryl methyl sites for hydroxylation is 2. The highest BCUT2D eigenvalue weighted by atomic mass is 16.4. The van der Waals surface area contributed by atoms with Crippen LogP contribution in [0, 0.1) is 0 Å². The minimum absolute atomic E-state index is 0.0739. The molecular formula is C32H32N6O3. The van der Waals surface area contributed by atoms with Crippen molar-refractivity contribution in [1.29, 1.82) is 0 Å². The molecule has 2 heterocycles. The van der Waals surface area contributed by atoms with Crippen LogP contribution in [0.15, 0.2) is 77.6 Å². The topological polar surface area (TPSA) is 127 Å². The molecule has 2 aromatic heterocycles. The van der Waals surface area contributed by atoms with Crippen LogP contribution in [0.2, 0.25) is 0 Å². The van der Waals surface area contributed by atoms with Crippen molar-refractivity contribution in [2.45, 2.75) is 52.5 Å². The Kier molecular flexibility index (Phi) is 8.43. The van der Waals surface area contributed by atoms with E-state index in [4.69, 9.17) is 4.98 Å². The van der Waals surface area contributed by atoms with E-state index in [-0.39, 0.29) is 11.1 Å². The Bertz CT molecular complexity index is 1710. The zero-order valence-electron chi connectivity index (χ0n) is 23.2. The fourth-order valence-electron chi connectivity index (χ4n) is 5.04. The molecule has 5 rings (SSSR count). The van der Waals surface area contributed by atoms with Gasteiger partial charge in [0.1, 0.15) is 5.82 Å². The zero-order chi connectivity index (χ0) is 28.8. The maximum atomic E-state index is 14.0. The molecule has 0 spiro atoms. The van der Waals surface area contributed by atoms with E-state index in [9.17, 15) is 14.7 Å². The summed E-state index contributed by atoms with van der Waals surface area (Å²) in [4.78, 5) is 30.5. The molecule has 0 saturated carbocycles. The van der Waals surface area contributed by atoms with Crippen molar-refractivity contribution in [3.63, 3.8) is 0 Å². The highest BCUT2D eigenvalue weighted by Crippen LogP contribution is 2.30. The van der Waals surface area contributed by atoms with Gasteiger partial charge in [0.05, 0.1) is 17.8 Å². The number of carboxylic acids is 1. The third-order valence-corrected chi connectivity index (χ3v) is 7.19. The Hall–Kier alpha value is -4.92. The van der Waals surface area contributed by atoms with Crippen LogP contribution in [0.1, 0.15) is 65.3 Å². The lowest BCUT2D eigenvalue weighted by Gasteiger charge is -2.17. The zero-order valence-corrected chi connectivity index (χ0v) is 23.2. The summed E-state index contributed by atoms with van der Waals surface area (Å²) in [5.74, 6) is 0.319. The summed E-state index contributed by atoms with van der Waals surface area (Å²) in [6.45, 7) is 4.51. The Morgan fingerprint density at radius 3 is 2.41 bits per heavy atom. The summed E-state index contributed by atoms with van der Waals surface area (Å²) in [6.07, 6.45) is 3.59. The van der Waals surface area contributed by atoms with Gasteiger partial charge in [0.2, 0.25) is 5.82 Å². The molecule has 0 aliphatic carbocycles. The van der Waals surface area contributed by atoms with Crippen molar-refractivity contribution < 1.29 is 9.90 Å². The molecule has 0 unspecified atom stereocenters. The molecule has 41 heavy (non-hydrogen) atoms. The van der Waals surface area contributed by atoms with Gasteiger partial charge in [-0.1, -0.05) is 80.9 Å². The van der Waals surface area contributed by atoms with Gasteiger partial charge in [0.15, 0.2) is 0 Å². The third kappa shape index (κ3) is 6.14. The second-order valence-corrected chi connectivity index (χ2v) is 9.96. The molecule has 0 aliphatic heterocycles. The molecule has 9 heteroatoms. The highest BCUT2D eigenvalue weighted by molar-refractivity contribution is 5.87. The predicted molar refractivity (Wildman–Crippen MR) is 157 cm³/mol. The maximum absolute atomic E-state index is 14.0. The summed E-state index contributed by atoms with van der Waals surface area (Å²) in [7, 11) is 0. The molecule has 3 aromatic carbocycles. The number of nitrogens with one attached hydrogen (secondary N) is 1. The number of aromatic carboxylic acids is 1. The molecular weight excluding hydrogens is 516 g/mol. The first-order valence-electron chi connectivity index (χ1n) is 13.8. The number of aromatic nitrogens is 6. The summed E-state index contributed by atoms with van der Waals surface area (Å²) < 4.78 is 1.79. The van der Waals surface area contributed by atoms with E-state index in [2.05, 4.69) is 27.5 Å². The number of hydrogen-bond acceptors (Lipinski definition) is 6. The van der Waals surface area contributed by atoms with Gasteiger partial charge in [-0.05, 0) is 52.4 Å². The van der Waals surface area contributed by atoms with Gasteiger partial charge in [-0.15, -0.1) is 10.2 Å². The summed E-state index contributed by atoms with van der Waals surface area (Å²) >= 11 is 0. The molecule has 0 saturated heterocycles. The van der Waals surface area contributed by atoms with Gasteiger partial charge >= 0.3 is 5.97 Å². The van der Waals surface area contributed by atoms with Crippen LogP contribution in [-0.2, 0) is 25.8 Å². The van der Waals surface area contributed by atoms with Crippen LogP contribution in [0.5, 0.6) is 0 Å². The number of carbonyl (C=O) groups is 1. The molecule has 2 N–H and O–H groups in total.